The van der Waals surface area contributed by atoms with Crippen LogP contribution in [0.2, 0.25) is 0 Å². The van der Waals surface area contributed by atoms with Crippen molar-refractivity contribution in [3.8, 4) is 5.75 Å². The van der Waals surface area contributed by atoms with E-state index in [9.17, 15) is 14.3 Å². The molecule has 0 bridgehead atoms. The van der Waals surface area contributed by atoms with Crippen molar-refractivity contribution in [3.05, 3.63) is 93.2 Å². The van der Waals surface area contributed by atoms with Gasteiger partial charge in [0.25, 0.3) is 0 Å². The van der Waals surface area contributed by atoms with Crippen molar-refractivity contribution in [1.82, 2.24) is 0 Å². The van der Waals surface area contributed by atoms with Gasteiger partial charge in [0.2, 0.25) is 0 Å². The molecule has 2 N–H and O–H groups in total. The predicted octanol–water partition coefficient (Wildman–Crippen LogP) is 5.79. The van der Waals surface area contributed by atoms with Gasteiger partial charge in [-0.2, -0.15) is 0 Å². The van der Waals surface area contributed by atoms with Crippen molar-refractivity contribution in [2.75, 3.05) is 5.32 Å². The third kappa shape index (κ3) is 5.10. The minimum atomic E-state index is -0.964. The second-order valence-electron chi connectivity index (χ2n) is 6.36. The summed E-state index contributed by atoms with van der Waals surface area (Å²) < 4.78 is 19.9. The SMILES string of the molecule is Cc1ccc(C(=O)O)cc1NCc1cc(Br)ccc1OCc1ccc(F)cc1. The van der Waals surface area contributed by atoms with Gasteiger partial charge in [0.15, 0.2) is 0 Å². The van der Waals surface area contributed by atoms with Crippen LogP contribution >= 0.6 is 15.9 Å². The molecule has 0 aliphatic heterocycles. The summed E-state index contributed by atoms with van der Waals surface area (Å²) in [5, 5.41) is 12.5. The molecule has 0 atom stereocenters. The van der Waals surface area contributed by atoms with Gasteiger partial charge in [0, 0.05) is 22.3 Å². The molecule has 0 saturated heterocycles. The summed E-state index contributed by atoms with van der Waals surface area (Å²) in [4.78, 5) is 11.2. The van der Waals surface area contributed by atoms with Crippen LogP contribution in [-0.4, -0.2) is 11.1 Å². The Kier molecular flexibility index (Phi) is 6.31. The van der Waals surface area contributed by atoms with Gasteiger partial charge in [0.05, 0.1) is 5.56 Å². The van der Waals surface area contributed by atoms with E-state index in [-0.39, 0.29) is 11.4 Å². The zero-order valence-electron chi connectivity index (χ0n) is 15.2. The summed E-state index contributed by atoms with van der Waals surface area (Å²) in [6.45, 7) is 2.70. The average Bonchev–Trinajstić information content (AvgIpc) is 2.67. The number of anilines is 1. The van der Waals surface area contributed by atoms with Crippen molar-refractivity contribution < 1.29 is 19.0 Å². The molecule has 0 unspecified atom stereocenters. The lowest BCUT2D eigenvalue weighted by atomic mass is 10.1. The van der Waals surface area contributed by atoms with Gasteiger partial charge in [0.1, 0.15) is 18.2 Å². The second-order valence-corrected chi connectivity index (χ2v) is 7.27. The quantitative estimate of drug-likeness (QED) is 0.485. The van der Waals surface area contributed by atoms with Crippen LogP contribution in [0, 0.1) is 12.7 Å². The number of carbonyl (C=O) groups is 1. The lowest BCUT2D eigenvalue weighted by Crippen LogP contribution is -2.06. The molecule has 0 saturated carbocycles. The van der Waals surface area contributed by atoms with Gasteiger partial charge in [-0.25, -0.2) is 9.18 Å². The van der Waals surface area contributed by atoms with Crippen LogP contribution in [0.5, 0.6) is 5.75 Å². The summed E-state index contributed by atoms with van der Waals surface area (Å²) in [5.41, 5.74) is 3.72. The molecular weight excluding hydrogens is 425 g/mol. The molecule has 0 spiro atoms. The van der Waals surface area contributed by atoms with E-state index in [1.165, 1.54) is 12.1 Å². The van der Waals surface area contributed by atoms with Crippen LogP contribution < -0.4 is 10.1 Å². The lowest BCUT2D eigenvalue weighted by molar-refractivity contribution is 0.0697. The Morgan fingerprint density at radius 3 is 2.57 bits per heavy atom. The summed E-state index contributed by atoms with van der Waals surface area (Å²) >= 11 is 3.47. The third-order valence-corrected chi connectivity index (χ3v) is 4.78. The van der Waals surface area contributed by atoms with Crippen molar-refractivity contribution in [2.24, 2.45) is 0 Å². The largest absolute Gasteiger partial charge is 0.489 e. The average molecular weight is 444 g/mol. The molecule has 3 aromatic rings. The van der Waals surface area contributed by atoms with Crippen molar-refractivity contribution in [3.63, 3.8) is 0 Å². The predicted molar refractivity (Wildman–Crippen MR) is 110 cm³/mol. The molecule has 0 aromatic heterocycles. The van der Waals surface area contributed by atoms with Crippen molar-refractivity contribution >= 4 is 27.6 Å². The molecule has 0 aliphatic rings. The van der Waals surface area contributed by atoms with Gasteiger partial charge in [-0.1, -0.05) is 34.1 Å². The fourth-order valence-electron chi connectivity index (χ4n) is 2.70. The van der Waals surface area contributed by atoms with E-state index in [1.807, 2.05) is 25.1 Å². The zero-order valence-corrected chi connectivity index (χ0v) is 16.8. The van der Waals surface area contributed by atoms with E-state index >= 15 is 0 Å². The van der Waals surface area contributed by atoms with Gasteiger partial charge < -0.3 is 15.2 Å². The molecule has 6 heteroatoms. The number of carboxylic acid groups (broad SMARTS) is 1. The Morgan fingerprint density at radius 1 is 1.11 bits per heavy atom. The second kappa shape index (κ2) is 8.89. The number of halogens is 2. The fourth-order valence-corrected chi connectivity index (χ4v) is 3.11. The number of ether oxygens (including phenoxy) is 1. The van der Waals surface area contributed by atoms with E-state index < -0.39 is 5.97 Å². The highest BCUT2D eigenvalue weighted by atomic mass is 79.9. The number of hydrogen-bond acceptors (Lipinski definition) is 3. The normalized spacial score (nSPS) is 10.5. The van der Waals surface area contributed by atoms with Gasteiger partial charge in [-0.3, -0.25) is 0 Å². The number of rotatable bonds is 7. The molecule has 4 nitrogen and oxygen atoms in total. The van der Waals surface area contributed by atoms with E-state index in [1.54, 1.807) is 30.3 Å². The fraction of sp³-hybridized carbons (Fsp3) is 0.136. The Balaban J connectivity index is 1.75. The number of nitrogens with one attached hydrogen (secondary N) is 1. The van der Waals surface area contributed by atoms with E-state index in [2.05, 4.69) is 21.2 Å². The molecular formula is C22H19BrFNO3. The summed E-state index contributed by atoms with van der Waals surface area (Å²) in [7, 11) is 0. The minimum Gasteiger partial charge on any atom is -0.489 e. The molecule has 3 aromatic carbocycles. The molecule has 0 aliphatic carbocycles. The first-order valence-electron chi connectivity index (χ1n) is 8.66. The molecule has 0 amide bonds. The first-order valence-corrected chi connectivity index (χ1v) is 9.45. The van der Waals surface area contributed by atoms with Crippen LogP contribution in [0.25, 0.3) is 0 Å². The third-order valence-electron chi connectivity index (χ3n) is 4.28. The Hall–Kier alpha value is -2.86. The Morgan fingerprint density at radius 2 is 1.86 bits per heavy atom. The van der Waals surface area contributed by atoms with Gasteiger partial charge in [-0.05, 0) is 60.5 Å². The van der Waals surface area contributed by atoms with Gasteiger partial charge in [-0.15, -0.1) is 0 Å². The summed E-state index contributed by atoms with van der Waals surface area (Å²) in [6.07, 6.45) is 0. The van der Waals surface area contributed by atoms with E-state index in [0.29, 0.717) is 18.9 Å². The number of benzene rings is 3. The first kappa shape index (κ1) is 19.9. The zero-order chi connectivity index (χ0) is 20.1. The highest BCUT2D eigenvalue weighted by Gasteiger charge is 2.09. The smallest absolute Gasteiger partial charge is 0.335 e. The van der Waals surface area contributed by atoms with Crippen LogP contribution in [0.4, 0.5) is 10.1 Å². The summed E-state index contributed by atoms with van der Waals surface area (Å²) in [6, 6.07) is 16.9. The highest BCUT2D eigenvalue weighted by Crippen LogP contribution is 2.26. The topological polar surface area (TPSA) is 58.6 Å². The van der Waals surface area contributed by atoms with Crippen LogP contribution in [0.1, 0.15) is 27.0 Å². The molecule has 28 heavy (non-hydrogen) atoms. The Bertz CT molecular complexity index is 990. The number of aryl methyl sites for hydroxylation is 1. The molecule has 0 radical (unpaired) electrons. The van der Waals surface area contributed by atoms with Crippen LogP contribution in [-0.2, 0) is 13.2 Å². The first-order chi connectivity index (χ1) is 13.4. The maximum absolute atomic E-state index is 13.0. The number of carboxylic acids is 1. The van der Waals surface area contributed by atoms with Crippen LogP contribution in [0.3, 0.4) is 0 Å². The standard InChI is InChI=1S/C22H19BrFNO3/c1-14-2-5-16(22(26)27)11-20(14)25-12-17-10-18(23)6-9-21(17)28-13-15-3-7-19(24)8-4-15/h2-11,25H,12-13H2,1H3,(H,26,27). The van der Waals surface area contributed by atoms with Gasteiger partial charge >= 0.3 is 5.97 Å². The van der Waals surface area contributed by atoms with Crippen LogP contribution in [0.15, 0.2) is 65.1 Å². The molecule has 0 fully saturated rings. The summed E-state index contributed by atoms with van der Waals surface area (Å²) in [5.74, 6) is -0.544. The Labute approximate surface area is 171 Å². The van der Waals surface area contributed by atoms with Crippen molar-refractivity contribution in [2.45, 2.75) is 20.1 Å². The molecule has 3 rings (SSSR count). The maximum Gasteiger partial charge on any atom is 0.335 e. The number of hydrogen-bond donors (Lipinski definition) is 2. The lowest BCUT2D eigenvalue weighted by Gasteiger charge is -2.15. The van der Waals surface area contributed by atoms with Crippen molar-refractivity contribution in [1.29, 1.82) is 0 Å². The number of aromatic carboxylic acids is 1. The maximum atomic E-state index is 13.0. The monoisotopic (exact) mass is 443 g/mol. The van der Waals surface area contributed by atoms with E-state index in [0.717, 1.165) is 26.9 Å². The minimum absolute atomic E-state index is 0.232. The molecule has 0 heterocycles. The van der Waals surface area contributed by atoms with E-state index in [4.69, 9.17) is 4.74 Å². The molecule has 144 valence electrons. The highest BCUT2D eigenvalue weighted by molar-refractivity contribution is 9.10.